The Hall–Kier alpha value is -1.13. The molecule has 1 rings (SSSR count). The molecule has 0 fully saturated rings. The van der Waals surface area contributed by atoms with E-state index >= 15 is 0 Å². The van der Waals surface area contributed by atoms with E-state index in [9.17, 15) is 0 Å². The maximum absolute atomic E-state index is 5.27. The summed E-state index contributed by atoms with van der Waals surface area (Å²) < 4.78 is 10.5. The smallest absolute Gasteiger partial charge is 0.164 e. The first-order valence-electron chi connectivity index (χ1n) is 5.45. The predicted octanol–water partition coefficient (Wildman–Crippen LogP) is 2.28. The molecule has 0 aliphatic heterocycles. The van der Waals surface area contributed by atoms with Crippen LogP contribution in [0.5, 0.6) is 0 Å². The fourth-order valence-electron chi connectivity index (χ4n) is 1.38. The van der Waals surface area contributed by atoms with Crippen molar-refractivity contribution in [3.8, 4) is 0 Å². The van der Waals surface area contributed by atoms with Crippen LogP contribution in [-0.4, -0.2) is 31.5 Å². The summed E-state index contributed by atoms with van der Waals surface area (Å²) in [5.74, 6) is 0.422. The van der Waals surface area contributed by atoms with Gasteiger partial charge in [-0.3, -0.25) is 0 Å². The number of hydrogen-bond donors (Lipinski definition) is 1. The summed E-state index contributed by atoms with van der Waals surface area (Å²) >= 11 is 0. The number of ether oxygens (including phenoxy) is 2. The lowest BCUT2D eigenvalue weighted by Gasteiger charge is -2.26. The quantitative estimate of drug-likeness (QED) is 0.570. The van der Waals surface area contributed by atoms with Crippen LogP contribution in [0.25, 0.3) is 0 Å². The normalized spacial score (nSPS) is 11.4. The molecule has 0 spiro atoms. The third kappa shape index (κ3) is 4.16. The molecule has 1 N–H and O–H groups in total. The van der Waals surface area contributed by atoms with Gasteiger partial charge in [0, 0.05) is 33.4 Å². The van der Waals surface area contributed by atoms with Crippen molar-refractivity contribution in [3.05, 3.63) is 24.4 Å². The Morgan fingerprint density at radius 1 is 1.31 bits per heavy atom. The number of aromatic nitrogens is 1. The molecule has 0 saturated heterocycles. The number of pyridine rings is 1. The summed E-state index contributed by atoms with van der Waals surface area (Å²) in [6.45, 7) is 2.80. The first-order valence-corrected chi connectivity index (χ1v) is 5.45. The Morgan fingerprint density at radius 2 is 2.06 bits per heavy atom. The van der Waals surface area contributed by atoms with Gasteiger partial charge in [-0.25, -0.2) is 4.98 Å². The topological polar surface area (TPSA) is 43.4 Å². The van der Waals surface area contributed by atoms with Crippen molar-refractivity contribution in [2.45, 2.75) is 25.6 Å². The van der Waals surface area contributed by atoms with Crippen LogP contribution < -0.4 is 5.32 Å². The largest absolute Gasteiger partial charge is 0.370 e. The number of rotatable bonds is 7. The van der Waals surface area contributed by atoms with Crippen LogP contribution in [-0.2, 0) is 9.47 Å². The van der Waals surface area contributed by atoms with Crippen LogP contribution in [0.4, 0.5) is 5.82 Å². The molecule has 4 heteroatoms. The van der Waals surface area contributed by atoms with Gasteiger partial charge in [-0.1, -0.05) is 6.07 Å². The van der Waals surface area contributed by atoms with Crippen molar-refractivity contribution < 1.29 is 9.47 Å². The van der Waals surface area contributed by atoms with Crippen LogP contribution in [0.2, 0.25) is 0 Å². The molecule has 4 nitrogen and oxygen atoms in total. The van der Waals surface area contributed by atoms with E-state index in [0.717, 1.165) is 25.2 Å². The van der Waals surface area contributed by atoms with Gasteiger partial charge in [-0.05, 0) is 25.5 Å². The molecule has 0 radical (unpaired) electrons. The molecule has 90 valence electrons. The summed E-state index contributed by atoms with van der Waals surface area (Å²) in [4.78, 5) is 4.18. The molecule has 0 unspecified atom stereocenters. The van der Waals surface area contributed by atoms with Gasteiger partial charge in [0.15, 0.2) is 5.79 Å². The predicted molar refractivity (Wildman–Crippen MR) is 64.4 cm³/mol. The van der Waals surface area contributed by atoms with Gasteiger partial charge in [0.05, 0.1) is 0 Å². The minimum absolute atomic E-state index is 0.480. The van der Waals surface area contributed by atoms with Crippen LogP contribution in [0.15, 0.2) is 24.4 Å². The Bertz CT molecular complexity index is 286. The zero-order chi connectivity index (χ0) is 11.9. The summed E-state index contributed by atoms with van der Waals surface area (Å²) in [6.07, 6.45) is 3.59. The lowest BCUT2D eigenvalue weighted by molar-refractivity contribution is -0.197. The Morgan fingerprint density at radius 3 is 2.62 bits per heavy atom. The molecule has 0 aliphatic rings. The molecular weight excluding hydrogens is 204 g/mol. The molecule has 0 bridgehead atoms. The van der Waals surface area contributed by atoms with E-state index in [1.54, 1.807) is 20.4 Å². The van der Waals surface area contributed by atoms with Gasteiger partial charge in [0.2, 0.25) is 0 Å². The minimum atomic E-state index is -0.480. The van der Waals surface area contributed by atoms with Crippen LogP contribution in [0, 0.1) is 0 Å². The first-order chi connectivity index (χ1) is 7.70. The Kier molecular flexibility index (Phi) is 5.22. The Balaban J connectivity index is 2.22. The molecule has 1 aromatic rings. The third-order valence-electron chi connectivity index (χ3n) is 2.64. The molecule has 0 saturated carbocycles. The van der Waals surface area contributed by atoms with Crippen LogP contribution >= 0.6 is 0 Å². The molecule has 1 heterocycles. The minimum Gasteiger partial charge on any atom is -0.370 e. The van der Waals surface area contributed by atoms with E-state index < -0.39 is 5.79 Å². The molecular formula is C12H20N2O2. The fraction of sp³-hybridized carbons (Fsp3) is 0.583. The third-order valence-corrected chi connectivity index (χ3v) is 2.64. The van der Waals surface area contributed by atoms with E-state index in [1.165, 1.54) is 0 Å². The lowest BCUT2D eigenvalue weighted by atomic mass is 10.1. The summed E-state index contributed by atoms with van der Waals surface area (Å²) in [5.41, 5.74) is 0. The lowest BCUT2D eigenvalue weighted by Crippen LogP contribution is -2.30. The average Bonchev–Trinajstić information content (AvgIpc) is 2.36. The zero-order valence-corrected chi connectivity index (χ0v) is 10.2. The number of anilines is 1. The SMILES string of the molecule is COC(C)(CCCNc1ccccn1)OC. The Labute approximate surface area is 97.0 Å². The van der Waals surface area contributed by atoms with Gasteiger partial charge in [-0.15, -0.1) is 0 Å². The number of nitrogens with one attached hydrogen (secondary N) is 1. The molecule has 0 aromatic carbocycles. The first kappa shape index (κ1) is 12.9. The van der Waals surface area contributed by atoms with E-state index in [-0.39, 0.29) is 0 Å². The van der Waals surface area contributed by atoms with Gasteiger partial charge in [0.1, 0.15) is 5.82 Å². The number of nitrogens with zero attached hydrogens (tertiary/aromatic N) is 1. The summed E-state index contributed by atoms with van der Waals surface area (Å²) in [5, 5.41) is 3.24. The molecule has 16 heavy (non-hydrogen) atoms. The monoisotopic (exact) mass is 224 g/mol. The van der Waals surface area contributed by atoms with Gasteiger partial charge in [0.25, 0.3) is 0 Å². The average molecular weight is 224 g/mol. The van der Waals surface area contributed by atoms with Crippen molar-refractivity contribution in [1.82, 2.24) is 4.98 Å². The van der Waals surface area contributed by atoms with Gasteiger partial charge in [-0.2, -0.15) is 0 Å². The second-order valence-corrected chi connectivity index (χ2v) is 3.79. The highest BCUT2D eigenvalue weighted by Gasteiger charge is 2.21. The highest BCUT2D eigenvalue weighted by Crippen LogP contribution is 2.17. The summed E-state index contributed by atoms with van der Waals surface area (Å²) in [7, 11) is 3.32. The zero-order valence-electron chi connectivity index (χ0n) is 10.2. The van der Waals surface area contributed by atoms with Crippen molar-refractivity contribution in [2.24, 2.45) is 0 Å². The maximum atomic E-state index is 5.27. The molecule has 0 aliphatic carbocycles. The van der Waals surface area contributed by atoms with Crippen molar-refractivity contribution >= 4 is 5.82 Å². The number of methoxy groups -OCH3 is 2. The molecule has 0 amide bonds. The van der Waals surface area contributed by atoms with Crippen LogP contribution in [0.3, 0.4) is 0 Å². The van der Waals surface area contributed by atoms with Gasteiger partial charge >= 0.3 is 0 Å². The van der Waals surface area contributed by atoms with E-state index in [2.05, 4.69) is 10.3 Å². The maximum Gasteiger partial charge on any atom is 0.164 e. The van der Waals surface area contributed by atoms with E-state index in [4.69, 9.17) is 9.47 Å². The second kappa shape index (κ2) is 6.45. The van der Waals surface area contributed by atoms with Crippen LogP contribution in [0.1, 0.15) is 19.8 Å². The summed E-state index contributed by atoms with van der Waals surface area (Å²) in [6, 6.07) is 5.81. The van der Waals surface area contributed by atoms with Crippen molar-refractivity contribution in [2.75, 3.05) is 26.1 Å². The van der Waals surface area contributed by atoms with Crippen molar-refractivity contribution in [1.29, 1.82) is 0 Å². The van der Waals surface area contributed by atoms with Crippen molar-refractivity contribution in [3.63, 3.8) is 0 Å². The van der Waals surface area contributed by atoms with Gasteiger partial charge < -0.3 is 14.8 Å². The van der Waals surface area contributed by atoms with E-state index in [1.807, 2.05) is 25.1 Å². The number of hydrogen-bond acceptors (Lipinski definition) is 4. The standard InChI is InChI=1S/C12H20N2O2/c1-12(15-2,16-3)8-6-10-14-11-7-4-5-9-13-11/h4-5,7,9H,6,8,10H2,1-3H3,(H,13,14). The highest BCUT2D eigenvalue weighted by molar-refractivity contribution is 5.32. The fourth-order valence-corrected chi connectivity index (χ4v) is 1.38. The van der Waals surface area contributed by atoms with E-state index in [0.29, 0.717) is 0 Å². The molecule has 0 atom stereocenters. The molecule has 1 aromatic heterocycles. The second-order valence-electron chi connectivity index (χ2n) is 3.79. The highest BCUT2D eigenvalue weighted by atomic mass is 16.7.